The van der Waals surface area contributed by atoms with Crippen LogP contribution < -0.4 is 4.90 Å². The number of hydrogen-bond donors (Lipinski definition) is 0. The highest BCUT2D eigenvalue weighted by Crippen LogP contribution is 2.37. The van der Waals surface area contributed by atoms with Crippen molar-refractivity contribution >= 4 is 17.7 Å². The minimum absolute atomic E-state index is 0.00257. The van der Waals surface area contributed by atoms with E-state index in [1.54, 1.807) is 29.2 Å². The van der Waals surface area contributed by atoms with Gasteiger partial charge in [0.05, 0.1) is 30.8 Å². The van der Waals surface area contributed by atoms with E-state index in [1.165, 1.54) is 6.07 Å². The number of nitriles is 1. The maximum atomic E-state index is 14.0. The maximum Gasteiger partial charge on any atom is 0.283 e. The smallest absolute Gasteiger partial charge is 0.283 e. The fourth-order valence-corrected chi connectivity index (χ4v) is 4.53. The van der Waals surface area contributed by atoms with Gasteiger partial charge < -0.3 is 4.57 Å². The standard InChI is InChI=1S/C26H24F2N6O/c1-4-32-25(35)22-24(34-14-21(15(2)3)30-26(32)34)33(13-17-7-10-19(27)20(28)11-17)23(31-22)18-8-5-16(12-29)6-9-18/h5-11,15,21H,4,13-14H2,1-3H3/t21-/m0/s1. The summed E-state index contributed by atoms with van der Waals surface area (Å²) in [6, 6.07) is 12.8. The highest BCUT2D eigenvalue weighted by Gasteiger charge is 2.44. The molecule has 1 atom stereocenters. The van der Waals surface area contributed by atoms with Gasteiger partial charge in [-0.1, -0.05) is 19.9 Å². The molecule has 3 heterocycles. The normalized spacial score (nSPS) is 16.9. The van der Waals surface area contributed by atoms with Crippen LogP contribution >= 0.6 is 0 Å². The predicted octanol–water partition coefficient (Wildman–Crippen LogP) is 4.42. The van der Waals surface area contributed by atoms with E-state index >= 15 is 0 Å². The van der Waals surface area contributed by atoms with E-state index in [-0.39, 0.29) is 30.1 Å². The van der Waals surface area contributed by atoms with Crippen LogP contribution in [0.2, 0.25) is 0 Å². The molecule has 5 rings (SSSR count). The molecule has 0 fully saturated rings. The molecule has 0 saturated heterocycles. The molecule has 2 aliphatic rings. The van der Waals surface area contributed by atoms with Crippen molar-refractivity contribution in [3.05, 3.63) is 70.9 Å². The molecular weight excluding hydrogens is 450 g/mol. The highest BCUT2D eigenvalue weighted by molar-refractivity contribution is 6.18. The second kappa shape index (κ2) is 8.62. The van der Waals surface area contributed by atoms with Crippen molar-refractivity contribution in [2.75, 3.05) is 18.0 Å². The Morgan fingerprint density at radius 3 is 2.51 bits per heavy atom. The van der Waals surface area contributed by atoms with Crippen LogP contribution in [0.3, 0.4) is 0 Å². The van der Waals surface area contributed by atoms with E-state index in [4.69, 9.17) is 9.98 Å². The van der Waals surface area contributed by atoms with Crippen LogP contribution in [-0.2, 0) is 6.54 Å². The Kier molecular flexibility index (Phi) is 5.59. The molecule has 0 unspecified atom stereocenters. The molecule has 0 bridgehead atoms. The SMILES string of the molecule is CCN1C(=O)c2nc(-c3ccc(C#N)cc3)n(Cc3ccc(F)c(F)c3)c2N2C[C@@H](C(C)C)N=C12. The zero-order chi connectivity index (χ0) is 24.9. The molecule has 3 aromatic rings. The van der Waals surface area contributed by atoms with Gasteiger partial charge >= 0.3 is 0 Å². The first-order valence-electron chi connectivity index (χ1n) is 11.5. The first kappa shape index (κ1) is 22.7. The van der Waals surface area contributed by atoms with Crippen LogP contribution in [0, 0.1) is 28.9 Å². The minimum Gasteiger partial charge on any atom is -0.305 e. The summed E-state index contributed by atoms with van der Waals surface area (Å²) in [6.45, 7) is 7.27. The number of fused-ring (bicyclic) bond motifs is 3. The van der Waals surface area contributed by atoms with Gasteiger partial charge in [-0.3, -0.25) is 14.6 Å². The minimum atomic E-state index is -0.937. The van der Waals surface area contributed by atoms with Crippen LogP contribution in [0.5, 0.6) is 0 Å². The van der Waals surface area contributed by atoms with Crippen LogP contribution in [-0.4, -0.2) is 45.4 Å². The van der Waals surface area contributed by atoms with Crippen molar-refractivity contribution < 1.29 is 13.6 Å². The van der Waals surface area contributed by atoms with Crippen molar-refractivity contribution in [2.24, 2.45) is 10.9 Å². The third-order valence-corrected chi connectivity index (χ3v) is 6.46. The number of carbonyl (C=O) groups is 1. The van der Waals surface area contributed by atoms with E-state index < -0.39 is 11.6 Å². The summed E-state index contributed by atoms with van der Waals surface area (Å²) in [6.07, 6.45) is 0. The van der Waals surface area contributed by atoms with Gasteiger partial charge in [-0.15, -0.1) is 0 Å². The summed E-state index contributed by atoms with van der Waals surface area (Å²) in [7, 11) is 0. The van der Waals surface area contributed by atoms with Gasteiger partial charge in [-0.25, -0.2) is 18.8 Å². The van der Waals surface area contributed by atoms with Gasteiger partial charge in [0.1, 0.15) is 11.6 Å². The molecule has 0 aliphatic carbocycles. The maximum absolute atomic E-state index is 14.0. The molecule has 2 aromatic carbocycles. The number of imidazole rings is 1. The van der Waals surface area contributed by atoms with Crippen LogP contribution in [0.1, 0.15) is 42.4 Å². The monoisotopic (exact) mass is 474 g/mol. The van der Waals surface area contributed by atoms with Gasteiger partial charge in [-0.2, -0.15) is 5.26 Å². The lowest BCUT2D eigenvalue weighted by atomic mass is 10.1. The Morgan fingerprint density at radius 2 is 1.89 bits per heavy atom. The van der Waals surface area contributed by atoms with Crippen LogP contribution in [0.25, 0.3) is 11.4 Å². The zero-order valence-electron chi connectivity index (χ0n) is 19.7. The molecule has 178 valence electrons. The fraction of sp³-hybridized carbons (Fsp3) is 0.308. The molecule has 9 heteroatoms. The first-order chi connectivity index (χ1) is 16.8. The van der Waals surface area contributed by atoms with E-state index in [0.717, 1.165) is 12.1 Å². The number of guanidine groups is 1. The van der Waals surface area contributed by atoms with Crippen LogP contribution in [0.15, 0.2) is 47.5 Å². The number of amides is 1. The number of halogens is 2. The number of rotatable bonds is 5. The fourth-order valence-electron chi connectivity index (χ4n) is 4.53. The van der Waals surface area contributed by atoms with Crippen molar-refractivity contribution in [3.8, 4) is 17.5 Å². The number of aromatic nitrogens is 2. The van der Waals surface area contributed by atoms with E-state index in [2.05, 4.69) is 19.9 Å². The van der Waals surface area contributed by atoms with Crippen molar-refractivity contribution in [3.63, 3.8) is 0 Å². The third-order valence-electron chi connectivity index (χ3n) is 6.46. The topological polar surface area (TPSA) is 77.5 Å². The number of aliphatic imine (C=N–C) groups is 1. The lowest BCUT2D eigenvalue weighted by Crippen LogP contribution is -2.50. The second-order valence-electron chi connectivity index (χ2n) is 9.03. The Balaban J connectivity index is 1.71. The number of hydrogen-bond acceptors (Lipinski definition) is 5. The van der Waals surface area contributed by atoms with Gasteiger partial charge in [-0.05, 0) is 54.8 Å². The molecule has 35 heavy (non-hydrogen) atoms. The van der Waals surface area contributed by atoms with Crippen LogP contribution in [0.4, 0.5) is 14.6 Å². The average Bonchev–Trinajstić information content (AvgIpc) is 3.44. The molecule has 0 spiro atoms. The molecule has 1 amide bonds. The van der Waals surface area contributed by atoms with Gasteiger partial charge in [0.15, 0.2) is 17.3 Å². The zero-order valence-corrected chi connectivity index (χ0v) is 19.7. The van der Waals surface area contributed by atoms with Gasteiger partial charge in [0.25, 0.3) is 5.91 Å². The Bertz CT molecular complexity index is 1390. The Labute approximate surface area is 201 Å². The molecular formula is C26H24F2N6O. The second-order valence-corrected chi connectivity index (χ2v) is 9.03. The molecule has 0 N–H and O–H groups in total. The van der Waals surface area contributed by atoms with Crippen molar-refractivity contribution in [1.29, 1.82) is 5.26 Å². The quantitative estimate of drug-likeness (QED) is 0.548. The summed E-state index contributed by atoms with van der Waals surface area (Å²) in [5.74, 6) is -0.161. The van der Waals surface area contributed by atoms with E-state index in [0.29, 0.717) is 47.4 Å². The molecule has 2 aliphatic heterocycles. The summed E-state index contributed by atoms with van der Waals surface area (Å²) in [5, 5.41) is 9.19. The summed E-state index contributed by atoms with van der Waals surface area (Å²) >= 11 is 0. The van der Waals surface area contributed by atoms with Crippen molar-refractivity contribution in [1.82, 2.24) is 14.5 Å². The largest absolute Gasteiger partial charge is 0.305 e. The van der Waals surface area contributed by atoms with Crippen molar-refractivity contribution in [2.45, 2.75) is 33.4 Å². The highest BCUT2D eigenvalue weighted by atomic mass is 19.2. The number of anilines is 1. The van der Waals surface area contributed by atoms with E-state index in [1.807, 2.05) is 16.4 Å². The van der Waals surface area contributed by atoms with Gasteiger partial charge in [0.2, 0.25) is 5.96 Å². The van der Waals surface area contributed by atoms with Gasteiger partial charge in [0, 0.05) is 12.1 Å². The molecule has 0 radical (unpaired) electrons. The summed E-state index contributed by atoms with van der Waals surface area (Å²) in [4.78, 5) is 26.7. The Morgan fingerprint density at radius 1 is 1.14 bits per heavy atom. The predicted molar refractivity (Wildman–Crippen MR) is 128 cm³/mol. The Hall–Kier alpha value is -4.06. The lowest BCUT2D eigenvalue weighted by Gasteiger charge is -2.33. The first-order valence-corrected chi connectivity index (χ1v) is 11.5. The average molecular weight is 475 g/mol. The number of nitrogens with zero attached hydrogens (tertiary/aromatic N) is 6. The molecule has 0 saturated carbocycles. The molecule has 1 aromatic heterocycles. The summed E-state index contributed by atoms with van der Waals surface area (Å²) in [5.41, 5.74) is 2.02. The number of carbonyl (C=O) groups excluding carboxylic acids is 1. The third kappa shape index (κ3) is 3.75. The summed E-state index contributed by atoms with van der Waals surface area (Å²) < 4.78 is 29.5. The van der Waals surface area contributed by atoms with E-state index in [9.17, 15) is 18.8 Å². The number of benzene rings is 2. The molecule has 7 nitrogen and oxygen atoms in total. The lowest BCUT2D eigenvalue weighted by molar-refractivity contribution is 0.0841.